The van der Waals surface area contributed by atoms with E-state index in [0.717, 1.165) is 18.7 Å². The molecule has 2 N–H and O–H groups in total. The van der Waals surface area contributed by atoms with E-state index in [1.54, 1.807) is 0 Å². The third kappa shape index (κ3) is 7.54. The highest BCUT2D eigenvalue weighted by Crippen LogP contribution is 2.08. The van der Waals surface area contributed by atoms with Gasteiger partial charge in [-0.1, -0.05) is 32.0 Å². The SMILES string of the molecule is CC(C)CCNC(CO)COc1ccccc1.Cl. The number of para-hydroxylation sites is 1. The Balaban J connectivity index is 0.00000289. The lowest BCUT2D eigenvalue weighted by molar-refractivity contribution is 0.182. The molecule has 4 heteroatoms. The largest absolute Gasteiger partial charge is 0.492 e. The molecule has 0 saturated carbocycles. The lowest BCUT2D eigenvalue weighted by Gasteiger charge is -2.17. The molecule has 0 aliphatic rings. The zero-order chi connectivity index (χ0) is 12.5. The van der Waals surface area contributed by atoms with Crippen LogP contribution in [0.1, 0.15) is 20.3 Å². The maximum atomic E-state index is 9.23. The predicted octanol–water partition coefficient (Wildman–Crippen LogP) is 2.48. The van der Waals surface area contributed by atoms with Crippen LogP contribution in [0.3, 0.4) is 0 Å². The van der Waals surface area contributed by atoms with E-state index >= 15 is 0 Å². The van der Waals surface area contributed by atoms with Gasteiger partial charge in [0, 0.05) is 0 Å². The fraction of sp³-hybridized carbons (Fsp3) is 0.571. The third-order valence-electron chi connectivity index (χ3n) is 2.57. The molecule has 0 spiro atoms. The molecule has 0 aliphatic heterocycles. The van der Waals surface area contributed by atoms with E-state index in [1.807, 2.05) is 30.3 Å². The quantitative estimate of drug-likeness (QED) is 0.765. The van der Waals surface area contributed by atoms with Crippen LogP contribution in [-0.2, 0) is 0 Å². The van der Waals surface area contributed by atoms with Gasteiger partial charge in [0.25, 0.3) is 0 Å². The molecular formula is C14H24ClNO2. The standard InChI is InChI=1S/C14H23NO2.ClH/c1-12(2)8-9-15-13(10-16)11-17-14-6-4-3-5-7-14;/h3-7,12-13,15-16H,8-11H2,1-2H3;1H. The molecular weight excluding hydrogens is 250 g/mol. The van der Waals surface area contributed by atoms with E-state index < -0.39 is 0 Å². The fourth-order valence-electron chi connectivity index (χ4n) is 1.47. The summed E-state index contributed by atoms with van der Waals surface area (Å²) in [6, 6.07) is 9.68. The second kappa shape index (κ2) is 10.2. The molecule has 0 aliphatic carbocycles. The first-order chi connectivity index (χ1) is 8.22. The summed E-state index contributed by atoms with van der Waals surface area (Å²) in [5, 5.41) is 12.5. The molecule has 1 aromatic carbocycles. The molecule has 3 nitrogen and oxygen atoms in total. The van der Waals surface area contributed by atoms with Gasteiger partial charge >= 0.3 is 0 Å². The van der Waals surface area contributed by atoms with Crippen molar-refractivity contribution < 1.29 is 9.84 Å². The van der Waals surface area contributed by atoms with Gasteiger partial charge in [0.2, 0.25) is 0 Å². The summed E-state index contributed by atoms with van der Waals surface area (Å²) in [4.78, 5) is 0. The van der Waals surface area contributed by atoms with Crippen LogP contribution >= 0.6 is 12.4 Å². The first-order valence-corrected chi connectivity index (χ1v) is 6.24. The van der Waals surface area contributed by atoms with E-state index in [4.69, 9.17) is 4.74 Å². The van der Waals surface area contributed by atoms with Crippen molar-refractivity contribution in [3.8, 4) is 5.75 Å². The van der Waals surface area contributed by atoms with Gasteiger partial charge in [-0.3, -0.25) is 0 Å². The van der Waals surface area contributed by atoms with Crippen LogP contribution in [0.2, 0.25) is 0 Å². The monoisotopic (exact) mass is 273 g/mol. The summed E-state index contributed by atoms with van der Waals surface area (Å²) in [5.41, 5.74) is 0. The highest BCUT2D eigenvalue weighted by atomic mass is 35.5. The summed E-state index contributed by atoms with van der Waals surface area (Å²) < 4.78 is 5.59. The van der Waals surface area contributed by atoms with Crippen molar-refractivity contribution >= 4 is 12.4 Å². The van der Waals surface area contributed by atoms with Crippen LogP contribution in [0.25, 0.3) is 0 Å². The van der Waals surface area contributed by atoms with Gasteiger partial charge in [-0.15, -0.1) is 12.4 Å². The first kappa shape index (κ1) is 17.2. The zero-order valence-corrected chi connectivity index (χ0v) is 12.0. The number of halogens is 1. The van der Waals surface area contributed by atoms with Crippen molar-refractivity contribution in [2.75, 3.05) is 19.8 Å². The fourth-order valence-corrected chi connectivity index (χ4v) is 1.47. The van der Waals surface area contributed by atoms with Gasteiger partial charge in [-0.05, 0) is 31.0 Å². The van der Waals surface area contributed by atoms with Crippen molar-refractivity contribution in [2.45, 2.75) is 26.3 Å². The van der Waals surface area contributed by atoms with Crippen LogP contribution in [-0.4, -0.2) is 30.9 Å². The number of aliphatic hydroxyl groups excluding tert-OH is 1. The summed E-state index contributed by atoms with van der Waals surface area (Å²) in [6.45, 7) is 5.90. The van der Waals surface area contributed by atoms with E-state index in [0.29, 0.717) is 12.5 Å². The molecule has 0 amide bonds. The molecule has 0 heterocycles. The minimum Gasteiger partial charge on any atom is -0.492 e. The molecule has 1 unspecified atom stereocenters. The third-order valence-corrected chi connectivity index (χ3v) is 2.57. The van der Waals surface area contributed by atoms with E-state index in [2.05, 4.69) is 19.2 Å². The van der Waals surface area contributed by atoms with E-state index in [9.17, 15) is 5.11 Å². The van der Waals surface area contributed by atoms with E-state index in [-0.39, 0.29) is 25.1 Å². The Morgan fingerprint density at radius 1 is 1.22 bits per heavy atom. The predicted molar refractivity (Wildman–Crippen MR) is 77.5 cm³/mol. The Labute approximate surface area is 116 Å². The Morgan fingerprint density at radius 3 is 2.44 bits per heavy atom. The Morgan fingerprint density at radius 2 is 1.89 bits per heavy atom. The Bertz CT molecular complexity index is 293. The number of nitrogens with one attached hydrogen (secondary N) is 1. The zero-order valence-electron chi connectivity index (χ0n) is 11.1. The van der Waals surface area contributed by atoms with Gasteiger partial charge in [0.1, 0.15) is 12.4 Å². The number of rotatable bonds is 8. The van der Waals surface area contributed by atoms with Gasteiger partial charge in [0.05, 0.1) is 12.6 Å². The van der Waals surface area contributed by atoms with E-state index in [1.165, 1.54) is 0 Å². The maximum Gasteiger partial charge on any atom is 0.119 e. The van der Waals surface area contributed by atoms with Crippen molar-refractivity contribution in [1.82, 2.24) is 5.32 Å². The molecule has 0 bridgehead atoms. The molecule has 104 valence electrons. The van der Waals surface area contributed by atoms with Crippen molar-refractivity contribution in [1.29, 1.82) is 0 Å². The van der Waals surface area contributed by atoms with Crippen molar-refractivity contribution in [2.24, 2.45) is 5.92 Å². The molecule has 0 radical (unpaired) electrons. The van der Waals surface area contributed by atoms with Crippen molar-refractivity contribution in [3.05, 3.63) is 30.3 Å². The minimum atomic E-state index is 0. The molecule has 1 atom stereocenters. The molecule has 0 saturated heterocycles. The average Bonchev–Trinajstić information content (AvgIpc) is 2.34. The summed E-state index contributed by atoms with van der Waals surface area (Å²) >= 11 is 0. The second-order valence-corrected chi connectivity index (χ2v) is 4.64. The van der Waals surface area contributed by atoms with Crippen LogP contribution in [0.5, 0.6) is 5.75 Å². The number of ether oxygens (including phenoxy) is 1. The second-order valence-electron chi connectivity index (χ2n) is 4.64. The Hall–Kier alpha value is -0.770. The molecule has 18 heavy (non-hydrogen) atoms. The number of hydrogen-bond acceptors (Lipinski definition) is 3. The average molecular weight is 274 g/mol. The van der Waals surface area contributed by atoms with Crippen LogP contribution in [0, 0.1) is 5.92 Å². The number of benzene rings is 1. The lowest BCUT2D eigenvalue weighted by atomic mass is 10.1. The highest BCUT2D eigenvalue weighted by Gasteiger charge is 2.07. The van der Waals surface area contributed by atoms with Crippen LogP contribution in [0.15, 0.2) is 30.3 Å². The van der Waals surface area contributed by atoms with Gasteiger partial charge < -0.3 is 15.2 Å². The van der Waals surface area contributed by atoms with Crippen LogP contribution in [0.4, 0.5) is 0 Å². The summed E-state index contributed by atoms with van der Waals surface area (Å²) in [7, 11) is 0. The highest BCUT2D eigenvalue weighted by molar-refractivity contribution is 5.85. The molecule has 0 aromatic heterocycles. The van der Waals surface area contributed by atoms with Gasteiger partial charge in [-0.25, -0.2) is 0 Å². The summed E-state index contributed by atoms with van der Waals surface area (Å²) in [5.74, 6) is 1.52. The first-order valence-electron chi connectivity index (χ1n) is 6.24. The molecule has 1 aromatic rings. The minimum absolute atomic E-state index is 0. The summed E-state index contributed by atoms with van der Waals surface area (Å²) in [6.07, 6.45) is 1.11. The maximum absolute atomic E-state index is 9.23. The van der Waals surface area contributed by atoms with Crippen molar-refractivity contribution in [3.63, 3.8) is 0 Å². The number of aliphatic hydroxyl groups is 1. The smallest absolute Gasteiger partial charge is 0.119 e. The van der Waals surface area contributed by atoms with Gasteiger partial charge in [0.15, 0.2) is 0 Å². The number of hydrogen-bond donors (Lipinski definition) is 2. The normalized spacial score (nSPS) is 12.0. The Kier molecular flexibility index (Phi) is 9.74. The van der Waals surface area contributed by atoms with Gasteiger partial charge in [-0.2, -0.15) is 0 Å². The molecule has 1 rings (SSSR count). The lowest BCUT2D eigenvalue weighted by Crippen LogP contribution is -2.38. The van der Waals surface area contributed by atoms with Crippen LogP contribution < -0.4 is 10.1 Å². The molecule has 0 fully saturated rings. The topological polar surface area (TPSA) is 41.5 Å².